The molecule has 28 heavy (non-hydrogen) atoms. The van der Waals surface area contributed by atoms with E-state index in [9.17, 15) is 4.79 Å². The first-order valence-electron chi connectivity index (χ1n) is 9.89. The molecule has 1 aromatic carbocycles. The van der Waals surface area contributed by atoms with Gasteiger partial charge in [-0.25, -0.2) is 9.97 Å². The molecule has 3 rings (SSSR count). The molecule has 6 nitrogen and oxygen atoms in total. The van der Waals surface area contributed by atoms with Crippen molar-refractivity contribution >= 4 is 29.0 Å². The van der Waals surface area contributed by atoms with E-state index in [1.165, 1.54) is 0 Å². The lowest BCUT2D eigenvalue weighted by Crippen LogP contribution is -2.31. The van der Waals surface area contributed by atoms with Gasteiger partial charge in [0.25, 0.3) is 0 Å². The van der Waals surface area contributed by atoms with E-state index >= 15 is 0 Å². The first-order chi connectivity index (χ1) is 13.6. The minimum absolute atomic E-state index is 0.163. The quantitative estimate of drug-likeness (QED) is 0.354. The topological polar surface area (TPSA) is 78.9 Å². The molecule has 0 fully saturated rings. The van der Waals surface area contributed by atoms with Gasteiger partial charge < -0.3 is 16.0 Å². The molecule has 1 amide bonds. The number of para-hydroxylation sites is 1. The first kappa shape index (κ1) is 19.9. The van der Waals surface area contributed by atoms with Crippen LogP contribution in [0.3, 0.4) is 0 Å². The fraction of sp³-hybridized carbons (Fsp3) is 0.409. The van der Waals surface area contributed by atoms with Crippen molar-refractivity contribution in [3.05, 3.63) is 48.2 Å². The van der Waals surface area contributed by atoms with Crippen LogP contribution in [0.1, 0.15) is 37.9 Å². The van der Waals surface area contributed by atoms with Gasteiger partial charge in [0.15, 0.2) is 0 Å². The highest BCUT2D eigenvalue weighted by atomic mass is 16.1. The first-order valence-corrected chi connectivity index (χ1v) is 9.89. The SMILES string of the molecule is C=CC(CC)Nc1nc2c(C3=CC(C)C(CCNC=O)N3)cccc2nc1C. The summed E-state index contributed by atoms with van der Waals surface area (Å²) in [7, 11) is 0. The van der Waals surface area contributed by atoms with Crippen molar-refractivity contribution in [1.29, 1.82) is 0 Å². The molecule has 0 bridgehead atoms. The van der Waals surface area contributed by atoms with Gasteiger partial charge in [0.1, 0.15) is 11.3 Å². The zero-order valence-electron chi connectivity index (χ0n) is 16.8. The summed E-state index contributed by atoms with van der Waals surface area (Å²) in [5, 5.41) is 9.78. The molecule has 0 aliphatic carbocycles. The third kappa shape index (κ3) is 4.16. The van der Waals surface area contributed by atoms with Crippen LogP contribution in [0.15, 0.2) is 36.9 Å². The molecule has 0 saturated carbocycles. The molecule has 0 saturated heterocycles. The van der Waals surface area contributed by atoms with Gasteiger partial charge in [-0.1, -0.05) is 38.1 Å². The number of carbonyl (C=O) groups excluding carboxylic acids is 1. The van der Waals surface area contributed by atoms with Gasteiger partial charge in [-0.3, -0.25) is 4.79 Å². The minimum atomic E-state index is 0.163. The Kier molecular flexibility index (Phi) is 6.29. The highest BCUT2D eigenvalue weighted by Gasteiger charge is 2.25. The maximum absolute atomic E-state index is 10.5. The lowest BCUT2D eigenvalue weighted by Gasteiger charge is -2.18. The molecule has 2 heterocycles. The molecule has 3 N–H and O–H groups in total. The van der Waals surface area contributed by atoms with E-state index in [0.29, 0.717) is 18.5 Å². The van der Waals surface area contributed by atoms with E-state index in [1.807, 2.05) is 25.1 Å². The largest absolute Gasteiger partial charge is 0.381 e. The second-order valence-corrected chi connectivity index (χ2v) is 7.28. The summed E-state index contributed by atoms with van der Waals surface area (Å²) in [4.78, 5) is 20.2. The molecule has 2 aromatic rings. The van der Waals surface area contributed by atoms with E-state index in [4.69, 9.17) is 9.97 Å². The van der Waals surface area contributed by atoms with Crippen LogP contribution in [0.4, 0.5) is 5.82 Å². The Hall–Kier alpha value is -2.89. The van der Waals surface area contributed by atoms with Crippen LogP contribution in [0.5, 0.6) is 0 Å². The number of nitrogens with zero attached hydrogens (tertiary/aromatic N) is 2. The van der Waals surface area contributed by atoms with Crippen LogP contribution in [-0.2, 0) is 4.79 Å². The number of carbonyl (C=O) groups is 1. The molecule has 3 atom stereocenters. The normalized spacial score (nSPS) is 19.6. The number of fused-ring (bicyclic) bond motifs is 1. The third-order valence-corrected chi connectivity index (χ3v) is 5.29. The number of aromatic nitrogens is 2. The molecule has 3 unspecified atom stereocenters. The summed E-state index contributed by atoms with van der Waals surface area (Å²) in [6.45, 7) is 10.8. The molecular formula is C22H29N5O. The van der Waals surface area contributed by atoms with Crippen molar-refractivity contribution in [3.63, 3.8) is 0 Å². The van der Waals surface area contributed by atoms with E-state index in [1.54, 1.807) is 0 Å². The number of nitrogens with one attached hydrogen (secondary N) is 3. The Morgan fingerprint density at radius 1 is 1.36 bits per heavy atom. The van der Waals surface area contributed by atoms with Crippen LogP contribution in [-0.4, -0.2) is 35.0 Å². The van der Waals surface area contributed by atoms with Crippen molar-refractivity contribution in [1.82, 2.24) is 20.6 Å². The van der Waals surface area contributed by atoms with E-state index in [2.05, 4.69) is 48.5 Å². The molecule has 0 radical (unpaired) electrons. The lowest BCUT2D eigenvalue weighted by atomic mass is 10.0. The monoisotopic (exact) mass is 379 g/mol. The summed E-state index contributed by atoms with van der Waals surface area (Å²) in [6, 6.07) is 6.55. The van der Waals surface area contributed by atoms with Gasteiger partial charge in [-0.15, -0.1) is 6.58 Å². The maximum Gasteiger partial charge on any atom is 0.207 e. The van der Waals surface area contributed by atoms with Crippen LogP contribution >= 0.6 is 0 Å². The number of hydrogen-bond donors (Lipinski definition) is 3. The van der Waals surface area contributed by atoms with Gasteiger partial charge in [0.2, 0.25) is 6.41 Å². The third-order valence-electron chi connectivity index (χ3n) is 5.29. The number of aryl methyl sites for hydroxylation is 1. The van der Waals surface area contributed by atoms with Gasteiger partial charge >= 0.3 is 0 Å². The second-order valence-electron chi connectivity index (χ2n) is 7.28. The summed E-state index contributed by atoms with van der Waals surface area (Å²) in [5.74, 6) is 1.17. The molecule has 0 spiro atoms. The van der Waals surface area contributed by atoms with Crippen molar-refractivity contribution < 1.29 is 4.79 Å². The Morgan fingerprint density at radius 2 is 2.18 bits per heavy atom. The smallest absolute Gasteiger partial charge is 0.207 e. The molecule has 1 aliphatic heterocycles. The van der Waals surface area contributed by atoms with Crippen molar-refractivity contribution in [3.8, 4) is 0 Å². The molecular weight excluding hydrogens is 350 g/mol. The second kappa shape index (κ2) is 8.87. The van der Waals surface area contributed by atoms with E-state index in [-0.39, 0.29) is 6.04 Å². The fourth-order valence-electron chi connectivity index (χ4n) is 3.58. The maximum atomic E-state index is 10.5. The fourth-order valence-corrected chi connectivity index (χ4v) is 3.58. The minimum Gasteiger partial charge on any atom is -0.381 e. The molecule has 148 valence electrons. The molecule has 1 aliphatic rings. The molecule has 1 aromatic heterocycles. The van der Waals surface area contributed by atoms with Crippen LogP contribution in [0.2, 0.25) is 0 Å². The van der Waals surface area contributed by atoms with Crippen molar-refractivity contribution in [2.45, 2.75) is 45.7 Å². The molecule has 6 heteroatoms. The number of rotatable bonds is 9. The van der Waals surface area contributed by atoms with Crippen molar-refractivity contribution in [2.75, 3.05) is 11.9 Å². The van der Waals surface area contributed by atoms with E-state index in [0.717, 1.165) is 53.1 Å². The Bertz CT molecular complexity index is 892. The van der Waals surface area contributed by atoms with Crippen LogP contribution in [0.25, 0.3) is 16.7 Å². The number of benzene rings is 1. The van der Waals surface area contributed by atoms with Gasteiger partial charge in [-0.05, 0) is 31.7 Å². The average molecular weight is 380 g/mol. The lowest BCUT2D eigenvalue weighted by molar-refractivity contribution is -0.109. The summed E-state index contributed by atoms with van der Waals surface area (Å²) in [5.41, 5.74) is 4.77. The van der Waals surface area contributed by atoms with Crippen molar-refractivity contribution in [2.24, 2.45) is 5.92 Å². The van der Waals surface area contributed by atoms with Crippen LogP contribution < -0.4 is 16.0 Å². The summed E-state index contributed by atoms with van der Waals surface area (Å²) >= 11 is 0. The zero-order valence-corrected chi connectivity index (χ0v) is 16.8. The predicted octanol–water partition coefficient (Wildman–Crippen LogP) is 3.40. The average Bonchev–Trinajstić information content (AvgIpc) is 3.06. The Morgan fingerprint density at radius 3 is 2.89 bits per heavy atom. The highest BCUT2D eigenvalue weighted by Crippen LogP contribution is 2.30. The number of hydrogen-bond acceptors (Lipinski definition) is 5. The Labute approximate surface area is 166 Å². The number of amides is 1. The van der Waals surface area contributed by atoms with Crippen LogP contribution in [0, 0.1) is 12.8 Å². The van der Waals surface area contributed by atoms with Gasteiger partial charge in [0, 0.05) is 29.9 Å². The highest BCUT2D eigenvalue weighted by molar-refractivity contribution is 5.90. The van der Waals surface area contributed by atoms with Gasteiger partial charge in [0.05, 0.1) is 11.2 Å². The standard InChI is InChI=1S/C22H29N5O/c1-5-16(6-2)25-22-15(4)24-19-9-7-8-17(21(19)27-22)20-12-14(3)18(26-20)10-11-23-13-28/h5,7-9,12-14,16,18,26H,1,6,10-11H2,2-4H3,(H,23,28)(H,25,27). The number of anilines is 1. The van der Waals surface area contributed by atoms with Gasteiger partial charge in [-0.2, -0.15) is 0 Å². The summed E-state index contributed by atoms with van der Waals surface area (Å²) in [6.07, 6.45) is 6.70. The summed E-state index contributed by atoms with van der Waals surface area (Å²) < 4.78 is 0. The van der Waals surface area contributed by atoms with E-state index < -0.39 is 0 Å². The predicted molar refractivity (Wildman–Crippen MR) is 115 cm³/mol. The zero-order chi connectivity index (χ0) is 20.1. The Balaban J connectivity index is 1.92.